The summed E-state index contributed by atoms with van der Waals surface area (Å²) in [7, 11) is -2.81. The number of benzene rings is 3. The maximum atomic E-state index is 13.7. The first-order valence-electron chi connectivity index (χ1n) is 12.2. The van der Waals surface area contributed by atoms with Crippen LogP contribution in [-0.2, 0) is 30.9 Å². The smallest absolute Gasteiger partial charge is 0.334 e. The fourth-order valence-corrected chi connectivity index (χ4v) is 6.62. The lowest BCUT2D eigenvalue weighted by Gasteiger charge is -2.39. The van der Waals surface area contributed by atoms with Crippen molar-refractivity contribution in [3.8, 4) is 0 Å². The monoisotopic (exact) mass is 532 g/mol. The molecule has 2 atom stereocenters. The molecular weight excluding hydrogens is 504 g/mol. The Hall–Kier alpha value is -3.95. The van der Waals surface area contributed by atoms with Crippen LogP contribution in [0.2, 0.25) is 0 Å². The molecule has 196 valence electrons. The highest BCUT2D eigenvalue weighted by molar-refractivity contribution is 7.90. The van der Waals surface area contributed by atoms with Crippen LogP contribution in [-0.4, -0.2) is 46.9 Å². The van der Waals surface area contributed by atoms with Gasteiger partial charge in [-0.05, 0) is 37.1 Å². The Labute approximate surface area is 221 Å². The number of hydrogen-bond donors (Lipinski definition) is 1. The molecule has 0 saturated carbocycles. The molecule has 0 aliphatic carbocycles. The molecule has 9 heteroatoms. The van der Waals surface area contributed by atoms with E-state index in [1.165, 1.54) is 30.3 Å². The second kappa shape index (κ2) is 9.74. The van der Waals surface area contributed by atoms with Crippen molar-refractivity contribution in [2.24, 2.45) is 0 Å². The normalized spacial score (nSPS) is 18.6. The topological polar surface area (TPSA) is 106 Å². The van der Waals surface area contributed by atoms with Gasteiger partial charge in [0.1, 0.15) is 6.10 Å². The van der Waals surface area contributed by atoms with E-state index >= 15 is 0 Å². The second-order valence-corrected chi connectivity index (χ2v) is 11.3. The van der Waals surface area contributed by atoms with Gasteiger partial charge in [-0.3, -0.25) is 4.79 Å². The molecule has 5 rings (SSSR count). The molecular formula is C29H28N2O6S. The third-order valence-electron chi connectivity index (χ3n) is 7.26. The van der Waals surface area contributed by atoms with Crippen molar-refractivity contribution in [3.63, 3.8) is 0 Å². The highest BCUT2D eigenvalue weighted by Gasteiger charge is 2.58. The van der Waals surface area contributed by atoms with Crippen molar-refractivity contribution in [1.82, 2.24) is 8.87 Å². The number of fused-ring (bicyclic) bond motifs is 1. The number of nitrogens with zero attached hydrogens (tertiary/aromatic N) is 2. The zero-order valence-corrected chi connectivity index (χ0v) is 21.9. The maximum absolute atomic E-state index is 13.7. The van der Waals surface area contributed by atoms with E-state index in [1.54, 1.807) is 36.4 Å². The standard InChI is InChI=1S/C29H28N2O6S/c1-20-12-14-22(15-13-20)38(35,36)31-19-24(23-10-6-7-11-25(23)31)27(33)29(28(34)37-2)17-16-26(32)30(29)18-21-8-4-3-5-9-21/h3-15,19,27,33H,16-18H2,1-2H3/t27-,29-/m0/s1. The molecule has 0 bridgehead atoms. The quantitative estimate of drug-likeness (QED) is 0.361. The maximum Gasteiger partial charge on any atom is 0.334 e. The van der Waals surface area contributed by atoms with Crippen molar-refractivity contribution in [2.45, 2.75) is 42.8 Å². The Kier molecular flexibility index (Phi) is 6.58. The molecule has 3 aromatic carbocycles. The molecule has 1 amide bonds. The number of hydrogen-bond acceptors (Lipinski definition) is 6. The number of aliphatic hydroxyl groups excluding tert-OH is 1. The molecule has 0 unspecified atom stereocenters. The lowest BCUT2D eigenvalue weighted by atomic mass is 9.84. The molecule has 1 aromatic heterocycles. The molecule has 1 N–H and O–H groups in total. The van der Waals surface area contributed by atoms with Gasteiger partial charge in [0.2, 0.25) is 5.91 Å². The van der Waals surface area contributed by atoms with E-state index in [9.17, 15) is 23.1 Å². The predicted octanol–water partition coefficient (Wildman–Crippen LogP) is 3.95. The molecule has 1 fully saturated rings. The van der Waals surface area contributed by atoms with Crippen LogP contribution < -0.4 is 0 Å². The van der Waals surface area contributed by atoms with Gasteiger partial charge in [-0.25, -0.2) is 17.2 Å². The summed E-state index contributed by atoms with van der Waals surface area (Å²) in [5.74, 6) is -1.06. The van der Waals surface area contributed by atoms with E-state index in [1.807, 2.05) is 37.3 Å². The van der Waals surface area contributed by atoms with Crippen LogP contribution >= 0.6 is 0 Å². The van der Waals surface area contributed by atoms with Gasteiger partial charge in [-0.1, -0.05) is 66.2 Å². The number of methoxy groups -OCH3 is 1. The zero-order valence-electron chi connectivity index (χ0n) is 21.1. The Morgan fingerprint density at radius 2 is 1.68 bits per heavy atom. The van der Waals surface area contributed by atoms with E-state index in [0.717, 1.165) is 15.1 Å². The third kappa shape index (κ3) is 4.08. The Balaban J connectivity index is 1.67. The molecule has 1 saturated heterocycles. The van der Waals surface area contributed by atoms with E-state index in [0.29, 0.717) is 10.9 Å². The van der Waals surface area contributed by atoms with Crippen LogP contribution in [0.1, 0.15) is 35.6 Å². The molecule has 0 radical (unpaired) electrons. The summed E-state index contributed by atoms with van der Waals surface area (Å²) in [5, 5.41) is 12.4. The summed E-state index contributed by atoms with van der Waals surface area (Å²) in [6, 6.07) is 22.4. The average Bonchev–Trinajstić information content (AvgIpc) is 3.48. The Morgan fingerprint density at radius 3 is 2.37 bits per heavy atom. The van der Waals surface area contributed by atoms with Gasteiger partial charge >= 0.3 is 5.97 Å². The summed E-state index contributed by atoms with van der Waals surface area (Å²) < 4.78 is 33.6. The molecule has 1 aliphatic heterocycles. The van der Waals surface area contributed by atoms with Gasteiger partial charge in [0.05, 0.1) is 17.5 Å². The minimum Gasteiger partial charge on any atom is -0.467 e. The van der Waals surface area contributed by atoms with E-state index in [2.05, 4.69) is 0 Å². The highest BCUT2D eigenvalue weighted by atomic mass is 32.2. The highest BCUT2D eigenvalue weighted by Crippen LogP contribution is 2.45. The Bertz CT molecular complexity index is 1610. The number of likely N-dealkylation sites (tertiary alicyclic amines) is 1. The summed E-state index contributed by atoms with van der Waals surface area (Å²) in [6.45, 7) is 1.96. The van der Waals surface area contributed by atoms with E-state index < -0.39 is 27.6 Å². The number of amides is 1. The summed E-state index contributed by atoms with van der Waals surface area (Å²) in [4.78, 5) is 27.9. The number of carbonyl (C=O) groups excluding carboxylic acids is 2. The number of aromatic nitrogens is 1. The molecule has 4 aromatic rings. The van der Waals surface area contributed by atoms with E-state index in [4.69, 9.17) is 4.74 Å². The first-order chi connectivity index (χ1) is 18.2. The first kappa shape index (κ1) is 25.7. The van der Waals surface area contributed by atoms with Gasteiger partial charge in [-0.2, -0.15) is 0 Å². The van der Waals surface area contributed by atoms with Crippen LogP contribution in [0.25, 0.3) is 10.9 Å². The van der Waals surface area contributed by atoms with Crippen LogP contribution in [0, 0.1) is 6.92 Å². The largest absolute Gasteiger partial charge is 0.467 e. The molecule has 0 spiro atoms. The number of carbonyl (C=O) groups is 2. The lowest BCUT2D eigenvalue weighted by Crippen LogP contribution is -2.56. The van der Waals surface area contributed by atoms with Crippen molar-refractivity contribution in [2.75, 3.05) is 7.11 Å². The number of ether oxygens (including phenoxy) is 1. The Morgan fingerprint density at radius 1 is 1.03 bits per heavy atom. The SMILES string of the molecule is COC(=O)[C@@]1([C@@H](O)c2cn(S(=O)(=O)c3ccc(C)cc3)c3ccccc23)CCC(=O)N1Cc1ccccc1. The fraction of sp³-hybridized carbons (Fsp3) is 0.241. The summed E-state index contributed by atoms with van der Waals surface area (Å²) in [5.41, 5.74) is 0.537. The number of aryl methyl sites for hydroxylation is 1. The molecule has 8 nitrogen and oxygen atoms in total. The van der Waals surface area contributed by atoms with Crippen molar-refractivity contribution < 1.29 is 27.9 Å². The van der Waals surface area contributed by atoms with Crippen molar-refractivity contribution >= 4 is 32.8 Å². The second-order valence-electron chi connectivity index (χ2n) is 9.50. The van der Waals surface area contributed by atoms with Gasteiger partial charge in [0, 0.05) is 30.1 Å². The van der Waals surface area contributed by atoms with Crippen LogP contribution in [0.3, 0.4) is 0 Å². The van der Waals surface area contributed by atoms with Gasteiger partial charge < -0.3 is 14.7 Å². The van der Waals surface area contributed by atoms with Crippen LogP contribution in [0.5, 0.6) is 0 Å². The van der Waals surface area contributed by atoms with Crippen molar-refractivity contribution in [3.05, 3.63) is 102 Å². The number of aliphatic hydroxyl groups is 1. The summed E-state index contributed by atoms with van der Waals surface area (Å²) >= 11 is 0. The average molecular weight is 533 g/mol. The minimum absolute atomic E-state index is 0.0245. The van der Waals surface area contributed by atoms with Gasteiger partial charge in [-0.15, -0.1) is 0 Å². The first-order valence-corrected chi connectivity index (χ1v) is 13.7. The molecule has 1 aliphatic rings. The number of esters is 1. The molecule has 38 heavy (non-hydrogen) atoms. The van der Waals surface area contributed by atoms with Crippen LogP contribution in [0.15, 0.2) is 90.0 Å². The number of para-hydroxylation sites is 1. The van der Waals surface area contributed by atoms with Gasteiger partial charge in [0.15, 0.2) is 5.54 Å². The lowest BCUT2D eigenvalue weighted by molar-refractivity contribution is -0.166. The summed E-state index contributed by atoms with van der Waals surface area (Å²) in [6.07, 6.45) is -0.140. The fourth-order valence-electron chi connectivity index (χ4n) is 5.24. The predicted molar refractivity (Wildman–Crippen MR) is 142 cm³/mol. The van der Waals surface area contributed by atoms with Crippen LogP contribution in [0.4, 0.5) is 0 Å². The molecule has 2 heterocycles. The number of rotatable bonds is 7. The van der Waals surface area contributed by atoms with E-state index in [-0.39, 0.29) is 35.8 Å². The third-order valence-corrected chi connectivity index (χ3v) is 8.95. The minimum atomic E-state index is -4.03. The van der Waals surface area contributed by atoms with Crippen molar-refractivity contribution in [1.29, 1.82) is 0 Å². The van der Waals surface area contributed by atoms with Gasteiger partial charge in [0.25, 0.3) is 10.0 Å². The zero-order chi connectivity index (χ0) is 27.1.